The molecule has 1 aromatic heterocycles. The van der Waals surface area contributed by atoms with E-state index in [2.05, 4.69) is 15.0 Å². The standard InChI is InChI=1S/C13H16N4O4S/c1-2-22(20,21)16-8-7-15-12-3-4-13(17(18)19)11-9-14-6-5-10(11)12/h3-6,9,15-16H,2,7-8H2,1H3. The minimum absolute atomic E-state index is 0.0136. The van der Waals surface area contributed by atoms with Crippen LogP contribution in [0.2, 0.25) is 0 Å². The topological polar surface area (TPSA) is 114 Å². The van der Waals surface area contributed by atoms with E-state index in [1.54, 1.807) is 25.3 Å². The van der Waals surface area contributed by atoms with Gasteiger partial charge in [-0.2, -0.15) is 0 Å². The van der Waals surface area contributed by atoms with Gasteiger partial charge < -0.3 is 5.32 Å². The summed E-state index contributed by atoms with van der Waals surface area (Å²) < 4.78 is 25.1. The van der Waals surface area contributed by atoms with Crippen molar-refractivity contribution in [2.24, 2.45) is 0 Å². The van der Waals surface area contributed by atoms with Crippen LogP contribution in [0.5, 0.6) is 0 Å². The minimum Gasteiger partial charge on any atom is -0.383 e. The van der Waals surface area contributed by atoms with Crippen molar-refractivity contribution >= 4 is 32.2 Å². The molecule has 0 aliphatic heterocycles. The highest BCUT2D eigenvalue weighted by Gasteiger charge is 2.14. The van der Waals surface area contributed by atoms with E-state index in [9.17, 15) is 18.5 Å². The lowest BCUT2D eigenvalue weighted by atomic mass is 10.1. The third kappa shape index (κ3) is 3.68. The van der Waals surface area contributed by atoms with Gasteiger partial charge in [-0.1, -0.05) is 0 Å². The average molecular weight is 324 g/mol. The van der Waals surface area contributed by atoms with Gasteiger partial charge in [-0.25, -0.2) is 13.1 Å². The van der Waals surface area contributed by atoms with Crippen LogP contribution in [-0.4, -0.2) is 37.2 Å². The molecule has 0 bridgehead atoms. The number of aromatic nitrogens is 1. The Morgan fingerprint density at radius 2 is 2.00 bits per heavy atom. The first-order chi connectivity index (χ1) is 10.4. The molecule has 1 aromatic carbocycles. The van der Waals surface area contributed by atoms with Crippen LogP contribution in [0.25, 0.3) is 10.8 Å². The fourth-order valence-corrected chi connectivity index (χ4v) is 2.61. The van der Waals surface area contributed by atoms with Crippen molar-refractivity contribution in [2.75, 3.05) is 24.2 Å². The van der Waals surface area contributed by atoms with Crippen molar-refractivity contribution in [1.29, 1.82) is 0 Å². The maximum absolute atomic E-state index is 11.3. The summed E-state index contributed by atoms with van der Waals surface area (Å²) in [5, 5.41) is 15.2. The third-order valence-corrected chi connectivity index (χ3v) is 4.54. The predicted octanol–water partition coefficient (Wildman–Crippen LogP) is 1.49. The van der Waals surface area contributed by atoms with E-state index in [-0.39, 0.29) is 18.0 Å². The van der Waals surface area contributed by atoms with Crippen LogP contribution >= 0.6 is 0 Å². The Morgan fingerprint density at radius 1 is 1.23 bits per heavy atom. The molecule has 0 spiro atoms. The summed E-state index contributed by atoms with van der Waals surface area (Å²) >= 11 is 0. The lowest BCUT2D eigenvalue weighted by Crippen LogP contribution is -2.30. The number of nitrogens with zero attached hydrogens (tertiary/aromatic N) is 2. The molecule has 8 nitrogen and oxygen atoms in total. The Hall–Kier alpha value is -2.26. The van der Waals surface area contributed by atoms with E-state index in [1.165, 1.54) is 12.3 Å². The van der Waals surface area contributed by atoms with Crippen molar-refractivity contribution in [3.8, 4) is 0 Å². The van der Waals surface area contributed by atoms with Gasteiger partial charge >= 0.3 is 0 Å². The molecule has 9 heteroatoms. The van der Waals surface area contributed by atoms with Gasteiger partial charge in [0.05, 0.1) is 16.1 Å². The van der Waals surface area contributed by atoms with Crippen molar-refractivity contribution in [3.63, 3.8) is 0 Å². The van der Waals surface area contributed by atoms with Gasteiger partial charge in [-0.05, 0) is 19.1 Å². The van der Waals surface area contributed by atoms with Gasteiger partial charge in [0.25, 0.3) is 5.69 Å². The molecule has 2 aromatic rings. The van der Waals surface area contributed by atoms with E-state index in [0.717, 1.165) is 0 Å². The van der Waals surface area contributed by atoms with Gasteiger partial charge in [-0.3, -0.25) is 15.1 Å². The van der Waals surface area contributed by atoms with Crippen molar-refractivity contribution in [3.05, 3.63) is 40.7 Å². The maximum atomic E-state index is 11.3. The Labute approximate surface area is 127 Å². The molecule has 0 amide bonds. The van der Waals surface area contributed by atoms with Gasteiger partial charge in [0.2, 0.25) is 10.0 Å². The Bertz CT molecular complexity index is 792. The molecular formula is C13H16N4O4S. The SMILES string of the molecule is CCS(=O)(=O)NCCNc1ccc([N+](=O)[O-])c2cnccc12. The number of pyridine rings is 1. The fraction of sp³-hybridized carbons (Fsp3) is 0.308. The zero-order chi connectivity index (χ0) is 16.2. The van der Waals surface area contributed by atoms with E-state index in [1.807, 2.05) is 0 Å². The van der Waals surface area contributed by atoms with E-state index < -0.39 is 14.9 Å². The first-order valence-electron chi connectivity index (χ1n) is 6.67. The van der Waals surface area contributed by atoms with Gasteiger partial charge in [0.15, 0.2) is 0 Å². The van der Waals surface area contributed by atoms with Gasteiger partial charge in [-0.15, -0.1) is 0 Å². The summed E-state index contributed by atoms with van der Waals surface area (Å²) in [5.74, 6) is 0.0269. The van der Waals surface area contributed by atoms with E-state index >= 15 is 0 Å². The monoisotopic (exact) mass is 324 g/mol. The van der Waals surface area contributed by atoms with Crippen molar-refractivity contribution < 1.29 is 13.3 Å². The number of sulfonamides is 1. The van der Waals surface area contributed by atoms with Crippen LogP contribution < -0.4 is 10.0 Å². The Morgan fingerprint density at radius 3 is 2.68 bits per heavy atom. The highest BCUT2D eigenvalue weighted by atomic mass is 32.2. The molecule has 2 rings (SSSR count). The second-order valence-corrected chi connectivity index (χ2v) is 6.63. The number of rotatable bonds is 7. The summed E-state index contributed by atoms with van der Waals surface area (Å²) in [5.41, 5.74) is 0.680. The number of nitro groups is 1. The number of benzene rings is 1. The summed E-state index contributed by atoms with van der Waals surface area (Å²) in [7, 11) is -3.22. The normalized spacial score (nSPS) is 11.5. The van der Waals surface area contributed by atoms with Crippen LogP contribution in [0, 0.1) is 10.1 Å². The molecule has 0 saturated heterocycles. The second-order valence-electron chi connectivity index (χ2n) is 4.54. The largest absolute Gasteiger partial charge is 0.383 e. The molecule has 118 valence electrons. The van der Waals surface area contributed by atoms with Crippen LogP contribution in [0.4, 0.5) is 11.4 Å². The maximum Gasteiger partial charge on any atom is 0.278 e. The zero-order valence-electron chi connectivity index (χ0n) is 11.9. The zero-order valence-corrected chi connectivity index (χ0v) is 12.8. The lowest BCUT2D eigenvalue weighted by Gasteiger charge is -2.10. The quantitative estimate of drug-likeness (QED) is 0.453. The highest BCUT2D eigenvalue weighted by Crippen LogP contribution is 2.30. The third-order valence-electron chi connectivity index (χ3n) is 3.13. The number of anilines is 1. The number of hydrogen-bond acceptors (Lipinski definition) is 6. The number of nitrogens with one attached hydrogen (secondary N) is 2. The second kappa shape index (κ2) is 6.67. The Kier molecular flexibility index (Phi) is 4.88. The summed E-state index contributed by atoms with van der Waals surface area (Å²) in [4.78, 5) is 14.5. The molecule has 22 heavy (non-hydrogen) atoms. The predicted molar refractivity (Wildman–Crippen MR) is 84.4 cm³/mol. The molecular weight excluding hydrogens is 308 g/mol. The van der Waals surface area contributed by atoms with Crippen LogP contribution in [0.3, 0.4) is 0 Å². The molecule has 0 aliphatic rings. The first-order valence-corrected chi connectivity index (χ1v) is 8.32. The lowest BCUT2D eigenvalue weighted by molar-refractivity contribution is -0.383. The smallest absolute Gasteiger partial charge is 0.278 e. The number of nitro benzene ring substituents is 1. The van der Waals surface area contributed by atoms with Crippen molar-refractivity contribution in [2.45, 2.75) is 6.92 Å². The fourth-order valence-electron chi connectivity index (χ4n) is 1.99. The molecule has 0 saturated carbocycles. The molecule has 1 heterocycles. The highest BCUT2D eigenvalue weighted by molar-refractivity contribution is 7.89. The summed E-state index contributed by atoms with van der Waals surface area (Å²) in [6, 6.07) is 4.69. The van der Waals surface area contributed by atoms with Crippen LogP contribution in [0.15, 0.2) is 30.6 Å². The molecule has 0 radical (unpaired) electrons. The van der Waals surface area contributed by atoms with Gasteiger partial charge in [0.1, 0.15) is 0 Å². The van der Waals surface area contributed by atoms with Crippen molar-refractivity contribution in [1.82, 2.24) is 9.71 Å². The molecule has 0 aliphatic carbocycles. The number of fused-ring (bicyclic) bond motifs is 1. The summed E-state index contributed by atoms with van der Waals surface area (Å²) in [6.07, 6.45) is 3.00. The molecule has 0 unspecified atom stereocenters. The first kappa shape index (κ1) is 16.1. The molecule has 0 atom stereocenters. The molecule has 0 fully saturated rings. The average Bonchev–Trinajstić information content (AvgIpc) is 2.51. The van der Waals surface area contributed by atoms with Gasteiger partial charge in [0, 0.05) is 42.6 Å². The molecule has 2 N–H and O–H groups in total. The number of non-ortho nitro benzene ring substituents is 1. The van der Waals surface area contributed by atoms with Crippen LogP contribution in [0.1, 0.15) is 6.92 Å². The van der Waals surface area contributed by atoms with E-state index in [0.29, 0.717) is 23.0 Å². The Balaban J connectivity index is 2.16. The van der Waals surface area contributed by atoms with E-state index in [4.69, 9.17) is 0 Å². The minimum atomic E-state index is -3.22. The van der Waals surface area contributed by atoms with Crippen LogP contribution in [-0.2, 0) is 10.0 Å². The number of hydrogen-bond donors (Lipinski definition) is 2. The summed E-state index contributed by atoms with van der Waals surface area (Å²) in [6.45, 7) is 2.17.